The van der Waals surface area contributed by atoms with Crippen LogP contribution >= 0.6 is 17.7 Å². The number of esters is 4. The second-order valence-electron chi connectivity index (χ2n) is 13.0. The summed E-state index contributed by atoms with van der Waals surface area (Å²) in [5.41, 5.74) is -0.611. The van der Waals surface area contributed by atoms with Gasteiger partial charge in [0.25, 0.3) is 0 Å². The number of benzene rings is 6. The Morgan fingerprint density at radius 3 is 1.17 bits per heavy atom. The molecule has 1 aliphatic heterocycles. The predicted molar refractivity (Wildman–Crippen MR) is 220 cm³/mol. The molecule has 7 rings (SSSR count). The van der Waals surface area contributed by atoms with Gasteiger partial charge in [-0.05, 0) is 48.5 Å². The number of hydrogen-bond acceptors (Lipinski definition) is 11. The molecule has 6 aromatic carbocycles. The summed E-state index contributed by atoms with van der Waals surface area (Å²) in [6, 6.07) is 50.2. The Kier molecular flexibility index (Phi) is 12.9. The fourth-order valence-corrected chi connectivity index (χ4v) is 11.6. The van der Waals surface area contributed by atoms with Crippen LogP contribution in [0.25, 0.3) is 0 Å². The van der Waals surface area contributed by atoms with Crippen LogP contribution in [0.4, 0.5) is 0 Å². The van der Waals surface area contributed by atoms with Crippen molar-refractivity contribution in [2.75, 3.05) is 6.61 Å². The zero-order valence-corrected chi connectivity index (χ0v) is 32.6. The van der Waals surface area contributed by atoms with E-state index < -0.39 is 66.7 Å². The first kappa shape index (κ1) is 40.0. The van der Waals surface area contributed by atoms with Gasteiger partial charge < -0.3 is 28.2 Å². The first-order chi connectivity index (χ1) is 28.3. The van der Waals surface area contributed by atoms with Crippen LogP contribution in [0.3, 0.4) is 0 Å². The fourth-order valence-electron chi connectivity index (χ4n) is 6.28. The molecular weight excluding hydrogens is 776 g/mol. The summed E-state index contributed by atoms with van der Waals surface area (Å²) in [6.07, 6.45) is -9.71. The van der Waals surface area contributed by atoms with Gasteiger partial charge in [-0.3, -0.25) is 0 Å². The molecule has 10 nitrogen and oxygen atoms in total. The van der Waals surface area contributed by atoms with E-state index in [0.29, 0.717) is 10.6 Å². The van der Waals surface area contributed by atoms with Crippen molar-refractivity contribution in [3.63, 3.8) is 0 Å². The van der Waals surface area contributed by atoms with Gasteiger partial charge in [0.05, 0.1) is 22.3 Å². The summed E-state index contributed by atoms with van der Waals surface area (Å²) in [7, 11) is 0. The van der Waals surface area contributed by atoms with E-state index in [2.05, 4.69) is 0 Å². The van der Waals surface area contributed by atoms with Gasteiger partial charge in [-0.2, -0.15) is 0 Å². The third-order valence-corrected chi connectivity index (χ3v) is 14.8. The van der Waals surface area contributed by atoms with Crippen molar-refractivity contribution >= 4 is 52.2 Å². The number of carbonyl (C=O) groups is 4. The molecule has 0 saturated carbocycles. The van der Waals surface area contributed by atoms with Crippen molar-refractivity contribution in [3.8, 4) is 0 Å². The first-order valence-corrected chi connectivity index (χ1v) is 21.5. The number of hydrogen-bond donors (Lipinski definition) is 0. The second-order valence-corrected chi connectivity index (χ2v) is 18.0. The van der Waals surface area contributed by atoms with Gasteiger partial charge in [-0.15, -0.1) is 0 Å². The first-order valence-electron chi connectivity index (χ1n) is 18.4. The van der Waals surface area contributed by atoms with Gasteiger partial charge in [0.15, 0.2) is 30.1 Å². The minimum Gasteiger partial charge on any atom is -0.459 e. The Balaban J connectivity index is 1.36. The van der Waals surface area contributed by atoms with Crippen molar-refractivity contribution < 1.29 is 47.4 Å². The maximum absolute atomic E-state index is 15.6. The molecule has 0 aromatic heterocycles. The highest BCUT2D eigenvalue weighted by Gasteiger charge is 2.55. The Hall–Kier alpha value is -6.26. The maximum atomic E-state index is 15.6. The van der Waals surface area contributed by atoms with E-state index in [1.54, 1.807) is 182 Å². The van der Waals surface area contributed by atoms with E-state index in [-0.39, 0.29) is 22.3 Å². The number of rotatable bonds is 13. The zero-order valence-electron chi connectivity index (χ0n) is 30.9. The van der Waals surface area contributed by atoms with Crippen molar-refractivity contribution in [2.45, 2.75) is 29.9 Å². The van der Waals surface area contributed by atoms with E-state index >= 15 is 4.57 Å². The highest BCUT2D eigenvalue weighted by atomic mass is 32.7. The van der Waals surface area contributed by atoms with Gasteiger partial charge in [-0.1, -0.05) is 145 Å². The minimum atomic E-state index is -3.73. The highest BCUT2D eigenvalue weighted by molar-refractivity contribution is 8.62. The Morgan fingerprint density at radius 2 is 0.776 bits per heavy atom. The summed E-state index contributed by atoms with van der Waals surface area (Å²) >= 11 is 0.882. The average molecular weight is 813 g/mol. The van der Waals surface area contributed by atoms with Crippen molar-refractivity contribution in [1.29, 1.82) is 0 Å². The Bertz CT molecular complexity index is 2310. The average Bonchev–Trinajstić information content (AvgIpc) is 3.29. The number of ether oxygens (including phenoxy) is 5. The predicted octanol–water partition coefficient (Wildman–Crippen LogP) is 7.91. The van der Waals surface area contributed by atoms with Crippen LogP contribution in [0, 0.1) is 0 Å². The minimum absolute atomic E-state index is 0.158. The molecule has 1 saturated heterocycles. The van der Waals surface area contributed by atoms with E-state index in [1.807, 2.05) is 0 Å². The zero-order chi connectivity index (χ0) is 40.3. The largest absolute Gasteiger partial charge is 0.459 e. The molecule has 1 aliphatic rings. The maximum Gasteiger partial charge on any atom is 0.338 e. The molecular formula is C46H37O10PS. The molecule has 0 amide bonds. The summed E-state index contributed by atoms with van der Waals surface area (Å²) in [5.74, 6) is -3.15. The highest BCUT2D eigenvalue weighted by Crippen LogP contribution is 2.60. The lowest BCUT2D eigenvalue weighted by Crippen LogP contribution is -2.61. The molecule has 292 valence electrons. The fraction of sp³-hybridized carbons (Fsp3) is 0.130. The Labute approximate surface area is 339 Å². The second kappa shape index (κ2) is 18.8. The summed E-state index contributed by atoms with van der Waals surface area (Å²) in [5, 5.41) is 0.927. The van der Waals surface area contributed by atoms with E-state index in [4.69, 9.17) is 23.7 Å². The van der Waals surface area contributed by atoms with Crippen LogP contribution in [0.5, 0.6) is 0 Å². The molecule has 0 N–H and O–H groups in total. The molecule has 5 atom stereocenters. The third-order valence-electron chi connectivity index (χ3n) is 9.18. The summed E-state index contributed by atoms with van der Waals surface area (Å²) in [6.45, 7) is -0.503. The van der Waals surface area contributed by atoms with Crippen molar-refractivity contribution in [3.05, 3.63) is 204 Å². The van der Waals surface area contributed by atoms with Crippen LogP contribution in [-0.2, 0) is 28.2 Å². The SMILES string of the molecule is O=C(OC[C@H]1O[C@@H](SP(=O)(c2ccccc2)c2ccccc2)[C@@H](OC(=O)c2ccccc2)[C@@H](OC(=O)c2ccccc2)[C@@H]1OC(=O)c1ccccc1)c1ccccc1. The van der Waals surface area contributed by atoms with Crippen molar-refractivity contribution in [1.82, 2.24) is 0 Å². The molecule has 58 heavy (non-hydrogen) atoms. The normalized spacial score (nSPS) is 18.9. The lowest BCUT2D eigenvalue weighted by molar-refractivity contribution is -0.207. The smallest absolute Gasteiger partial charge is 0.338 e. The quantitative estimate of drug-likeness (QED) is 0.0641. The van der Waals surface area contributed by atoms with Crippen LogP contribution < -0.4 is 10.6 Å². The van der Waals surface area contributed by atoms with Crippen LogP contribution in [0.1, 0.15) is 41.4 Å². The number of carbonyl (C=O) groups excluding carboxylic acids is 4. The van der Waals surface area contributed by atoms with E-state index in [1.165, 1.54) is 0 Å². The standard InChI is InChI=1S/C46H37O10PS/c47-42(32-19-7-1-8-20-32)52-31-38-39(54-43(48)33-21-9-2-10-22-33)40(55-44(49)34-23-11-3-12-24-34)41(56-45(50)35-25-13-4-14-26-35)46(53-38)58-57(51,36-27-15-5-16-28-36)37-29-17-6-18-30-37/h1-30,38-41,46H,31H2/t38-,39-,40+,41+,46+/m1/s1. The molecule has 6 aromatic rings. The van der Waals surface area contributed by atoms with Gasteiger partial charge in [0, 0.05) is 10.6 Å². The lowest BCUT2D eigenvalue weighted by atomic mass is 9.98. The topological polar surface area (TPSA) is 132 Å². The molecule has 0 aliphatic carbocycles. The van der Waals surface area contributed by atoms with E-state index in [0.717, 1.165) is 11.4 Å². The summed E-state index contributed by atoms with van der Waals surface area (Å²) < 4.78 is 46.7. The van der Waals surface area contributed by atoms with Crippen molar-refractivity contribution in [2.24, 2.45) is 0 Å². The van der Waals surface area contributed by atoms with E-state index in [9.17, 15) is 19.2 Å². The van der Waals surface area contributed by atoms with Crippen LogP contribution in [0.2, 0.25) is 0 Å². The van der Waals surface area contributed by atoms with Crippen LogP contribution in [-0.4, -0.2) is 60.3 Å². The molecule has 12 heteroatoms. The molecule has 0 radical (unpaired) electrons. The van der Waals surface area contributed by atoms with Gasteiger partial charge >= 0.3 is 23.9 Å². The third kappa shape index (κ3) is 9.46. The summed E-state index contributed by atoms with van der Waals surface area (Å²) in [4.78, 5) is 55.2. The van der Waals surface area contributed by atoms with Gasteiger partial charge in [0.1, 0.15) is 12.7 Å². The molecule has 0 unspecified atom stereocenters. The van der Waals surface area contributed by atoms with Crippen LogP contribution in [0.15, 0.2) is 182 Å². The monoisotopic (exact) mass is 812 g/mol. The molecule has 0 bridgehead atoms. The molecule has 1 heterocycles. The molecule has 0 spiro atoms. The van der Waals surface area contributed by atoms with Gasteiger partial charge in [-0.25, -0.2) is 19.2 Å². The Morgan fingerprint density at radius 1 is 0.448 bits per heavy atom. The van der Waals surface area contributed by atoms with Gasteiger partial charge in [0.2, 0.25) is 0 Å². The molecule has 1 fully saturated rings. The lowest BCUT2D eigenvalue weighted by Gasteiger charge is -2.45.